The van der Waals surface area contributed by atoms with Crippen molar-refractivity contribution in [3.05, 3.63) is 87.8 Å². The van der Waals surface area contributed by atoms with Crippen LogP contribution in [0, 0.1) is 5.82 Å². The third kappa shape index (κ3) is 7.28. The molecule has 230 valence electrons. The molecular formula is C32H33Cl2FN6O3. The van der Waals surface area contributed by atoms with Crippen molar-refractivity contribution in [2.24, 2.45) is 0 Å². The molecule has 44 heavy (non-hydrogen) atoms. The molecule has 0 bridgehead atoms. The molecule has 1 saturated heterocycles. The molecule has 1 aliphatic rings. The highest BCUT2D eigenvalue weighted by Crippen LogP contribution is 2.41. The Hall–Kier alpha value is -3.80. The lowest BCUT2D eigenvalue weighted by Gasteiger charge is -2.16. The number of hydrogen-bond donors (Lipinski definition) is 5. The Bertz CT molecular complexity index is 1640. The van der Waals surface area contributed by atoms with Gasteiger partial charge in [-0.15, -0.1) is 0 Å². The predicted octanol–water partition coefficient (Wildman–Crippen LogP) is 5.46. The number of ether oxygens (including phenoxy) is 1. The van der Waals surface area contributed by atoms with Crippen molar-refractivity contribution in [3.63, 3.8) is 0 Å². The van der Waals surface area contributed by atoms with E-state index in [9.17, 15) is 4.79 Å². The first-order chi connectivity index (χ1) is 21.4. The summed E-state index contributed by atoms with van der Waals surface area (Å²) in [7, 11) is 1.57. The van der Waals surface area contributed by atoms with Crippen LogP contribution < -0.4 is 26.0 Å². The summed E-state index contributed by atoms with van der Waals surface area (Å²) >= 11 is 13.8. The lowest BCUT2D eigenvalue weighted by molar-refractivity contribution is -0.119. The molecule has 0 radical (unpaired) electrons. The summed E-state index contributed by atoms with van der Waals surface area (Å²) in [6.45, 7) is 1.78. The highest BCUT2D eigenvalue weighted by Gasteiger charge is 2.21. The van der Waals surface area contributed by atoms with E-state index < -0.39 is 5.82 Å². The minimum atomic E-state index is -0.440. The average Bonchev–Trinajstić information content (AvgIpc) is 3.45. The van der Waals surface area contributed by atoms with Crippen LogP contribution in [0.5, 0.6) is 5.88 Å². The van der Waals surface area contributed by atoms with Crippen LogP contribution in [-0.4, -0.2) is 53.8 Å². The third-order valence-electron chi connectivity index (χ3n) is 7.31. The van der Waals surface area contributed by atoms with Gasteiger partial charge in [-0.2, -0.15) is 0 Å². The monoisotopic (exact) mass is 638 g/mol. The summed E-state index contributed by atoms with van der Waals surface area (Å²) in [6, 6.07) is 16.3. The van der Waals surface area contributed by atoms with Crippen LogP contribution in [0.3, 0.4) is 0 Å². The van der Waals surface area contributed by atoms with Crippen molar-refractivity contribution in [3.8, 4) is 28.3 Å². The molecule has 1 fully saturated rings. The second-order valence-electron chi connectivity index (χ2n) is 10.3. The Morgan fingerprint density at radius 1 is 1.00 bits per heavy atom. The standard InChI is InChI=1S/C32H33Cl2FN6O3/c1-44-32-20(17-37-18-21-9-11-27(43)39-21)8-10-25(41-32)24-6-3-5-22(28(24)33)23-12-13-38-31(29(23)34)40-26-7-2-4-19(30(26)35)16-36-14-15-42/h2-8,10,12-13,21,36-37,42H,9,11,14-18H2,1H3,(H,38,40)(H,39,43)/t21-/m1/s1. The fraction of sp³-hybridized carbons (Fsp3) is 0.281. The maximum Gasteiger partial charge on any atom is 0.220 e. The number of aliphatic hydroxyl groups excluding tert-OH is 1. The van der Waals surface area contributed by atoms with Crippen molar-refractivity contribution < 1.29 is 19.0 Å². The number of halogens is 3. The van der Waals surface area contributed by atoms with Gasteiger partial charge < -0.3 is 31.1 Å². The Morgan fingerprint density at radius 2 is 1.77 bits per heavy atom. The van der Waals surface area contributed by atoms with Crippen molar-refractivity contribution in [1.82, 2.24) is 25.9 Å². The second kappa shape index (κ2) is 14.8. The van der Waals surface area contributed by atoms with Gasteiger partial charge in [-0.3, -0.25) is 4.79 Å². The number of methoxy groups -OCH3 is 1. The van der Waals surface area contributed by atoms with Crippen LogP contribution in [0.25, 0.3) is 22.4 Å². The summed E-state index contributed by atoms with van der Waals surface area (Å²) in [5.41, 5.74) is 4.12. The molecule has 4 aromatic rings. The van der Waals surface area contributed by atoms with Crippen LogP contribution in [0.15, 0.2) is 60.8 Å². The summed E-state index contributed by atoms with van der Waals surface area (Å²) in [5.74, 6) is 0.392. The van der Waals surface area contributed by atoms with Gasteiger partial charge in [0, 0.05) is 72.7 Å². The average molecular weight is 640 g/mol. The number of aromatic nitrogens is 2. The number of pyridine rings is 2. The largest absolute Gasteiger partial charge is 0.481 e. The Labute approximate surface area is 265 Å². The van der Waals surface area contributed by atoms with Gasteiger partial charge >= 0.3 is 0 Å². The Balaban J connectivity index is 1.37. The summed E-state index contributed by atoms with van der Waals surface area (Å²) in [5, 5.41) is 22.0. The Kier molecular flexibility index (Phi) is 10.6. The van der Waals surface area contributed by atoms with Gasteiger partial charge in [0.05, 0.1) is 35.1 Å². The normalized spacial score (nSPS) is 14.5. The molecule has 2 aromatic heterocycles. The van der Waals surface area contributed by atoms with Crippen molar-refractivity contribution in [2.45, 2.75) is 32.0 Å². The van der Waals surface area contributed by atoms with Gasteiger partial charge in [-0.25, -0.2) is 14.4 Å². The van der Waals surface area contributed by atoms with Gasteiger partial charge in [0.15, 0.2) is 5.82 Å². The number of carbonyl (C=O) groups excluding carboxylic acids is 1. The van der Waals surface area contributed by atoms with E-state index >= 15 is 4.39 Å². The summed E-state index contributed by atoms with van der Waals surface area (Å²) < 4.78 is 20.8. The number of hydrogen-bond acceptors (Lipinski definition) is 8. The zero-order valence-electron chi connectivity index (χ0n) is 24.1. The molecule has 9 nitrogen and oxygen atoms in total. The van der Waals surface area contributed by atoms with Crippen molar-refractivity contribution >= 4 is 40.6 Å². The number of anilines is 2. The van der Waals surface area contributed by atoms with Gasteiger partial charge in [0.2, 0.25) is 11.8 Å². The zero-order chi connectivity index (χ0) is 31.1. The van der Waals surface area contributed by atoms with Crippen molar-refractivity contribution in [2.75, 3.05) is 32.1 Å². The molecule has 0 spiro atoms. The van der Waals surface area contributed by atoms with Gasteiger partial charge in [-0.05, 0) is 24.6 Å². The highest BCUT2D eigenvalue weighted by atomic mass is 35.5. The number of nitrogens with zero attached hydrogens (tertiary/aromatic N) is 2. The van der Waals surface area contributed by atoms with Crippen LogP contribution in [0.1, 0.15) is 24.0 Å². The van der Waals surface area contributed by atoms with Gasteiger partial charge in [0.25, 0.3) is 0 Å². The van der Waals surface area contributed by atoms with E-state index in [4.69, 9.17) is 38.0 Å². The number of nitrogens with one attached hydrogen (secondary N) is 4. The molecule has 1 amide bonds. The van der Waals surface area contributed by atoms with E-state index in [-0.39, 0.29) is 41.6 Å². The highest BCUT2D eigenvalue weighted by molar-refractivity contribution is 6.39. The fourth-order valence-electron chi connectivity index (χ4n) is 5.06. The number of amides is 1. The summed E-state index contributed by atoms with van der Waals surface area (Å²) in [4.78, 5) is 20.5. The molecule has 5 N–H and O–H groups in total. The van der Waals surface area contributed by atoms with E-state index in [1.54, 1.807) is 37.6 Å². The lowest BCUT2D eigenvalue weighted by atomic mass is 10.0. The van der Waals surface area contributed by atoms with Crippen LogP contribution in [0.2, 0.25) is 10.0 Å². The Morgan fingerprint density at radius 3 is 2.55 bits per heavy atom. The third-order valence-corrected chi connectivity index (χ3v) is 8.10. The van der Waals surface area contributed by atoms with E-state index in [0.717, 1.165) is 12.0 Å². The molecule has 12 heteroatoms. The molecular weight excluding hydrogens is 606 g/mol. The number of rotatable bonds is 13. The van der Waals surface area contributed by atoms with E-state index in [2.05, 4.69) is 26.3 Å². The molecule has 3 heterocycles. The van der Waals surface area contributed by atoms with Crippen LogP contribution >= 0.6 is 23.2 Å². The van der Waals surface area contributed by atoms with Gasteiger partial charge in [0.1, 0.15) is 5.82 Å². The fourth-order valence-corrected chi connectivity index (χ4v) is 5.65. The zero-order valence-corrected chi connectivity index (χ0v) is 25.6. The van der Waals surface area contributed by atoms with Crippen LogP contribution in [0.4, 0.5) is 15.9 Å². The van der Waals surface area contributed by atoms with Crippen LogP contribution in [-0.2, 0) is 17.9 Å². The maximum atomic E-state index is 15.2. The molecule has 2 aromatic carbocycles. The molecule has 0 aliphatic carbocycles. The van der Waals surface area contributed by atoms with E-state index in [1.807, 2.05) is 30.3 Å². The van der Waals surface area contributed by atoms with E-state index in [1.165, 1.54) is 0 Å². The topological polar surface area (TPSA) is 120 Å². The number of aliphatic hydroxyl groups is 1. The number of benzene rings is 2. The molecule has 0 unspecified atom stereocenters. The maximum absolute atomic E-state index is 15.2. The molecule has 0 saturated carbocycles. The smallest absolute Gasteiger partial charge is 0.220 e. The second-order valence-corrected chi connectivity index (χ2v) is 11.0. The minimum Gasteiger partial charge on any atom is -0.481 e. The van der Waals surface area contributed by atoms with Crippen molar-refractivity contribution in [1.29, 1.82) is 0 Å². The first-order valence-corrected chi connectivity index (χ1v) is 15.0. The summed E-state index contributed by atoms with van der Waals surface area (Å²) in [6.07, 6.45) is 2.96. The lowest BCUT2D eigenvalue weighted by Crippen LogP contribution is -2.35. The quantitative estimate of drug-likeness (QED) is 0.123. The first-order valence-electron chi connectivity index (χ1n) is 14.2. The molecule has 1 aliphatic heterocycles. The first kappa shape index (κ1) is 31.6. The molecule has 5 rings (SSSR count). The minimum absolute atomic E-state index is 0.0364. The predicted molar refractivity (Wildman–Crippen MR) is 171 cm³/mol. The SMILES string of the molecule is COc1nc(-c2cccc(-c3ccnc(Nc4cccc(CNCCO)c4F)c3Cl)c2Cl)ccc1CNC[C@H]1CCC(=O)N1. The molecule has 1 atom stereocenters. The van der Waals surface area contributed by atoms with E-state index in [0.29, 0.717) is 64.9 Å². The number of carbonyl (C=O) groups is 1. The van der Waals surface area contributed by atoms with Gasteiger partial charge in [-0.1, -0.05) is 59.6 Å².